The van der Waals surface area contributed by atoms with Gasteiger partial charge >= 0.3 is 0 Å². The molecule has 2 unspecified atom stereocenters. The van der Waals surface area contributed by atoms with Gasteiger partial charge in [-0.15, -0.1) is 0 Å². The van der Waals surface area contributed by atoms with Crippen LogP contribution in [0.2, 0.25) is 5.02 Å². The van der Waals surface area contributed by atoms with Gasteiger partial charge in [0.1, 0.15) is 6.10 Å². The summed E-state index contributed by atoms with van der Waals surface area (Å²) < 4.78 is 5.79. The van der Waals surface area contributed by atoms with Gasteiger partial charge < -0.3 is 15.0 Å². The molecule has 0 radical (unpaired) electrons. The monoisotopic (exact) mass is 310 g/mol. The lowest BCUT2D eigenvalue weighted by molar-refractivity contribution is -0.142. The van der Waals surface area contributed by atoms with Gasteiger partial charge in [0.05, 0.1) is 13.2 Å². The number of amides is 1. The summed E-state index contributed by atoms with van der Waals surface area (Å²) in [4.78, 5) is 14.4. The molecule has 0 spiro atoms. The minimum Gasteiger partial charge on any atom is -0.370 e. The Morgan fingerprint density at radius 3 is 2.86 bits per heavy atom. The molecular formula is C16H23ClN2O2. The molecule has 1 aromatic rings. The van der Waals surface area contributed by atoms with E-state index in [4.69, 9.17) is 16.3 Å². The van der Waals surface area contributed by atoms with Gasteiger partial charge in [-0.25, -0.2) is 0 Å². The Hall–Kier alpha value is -1.10. The van der Waals surface area contributed by atoms with Crippen LogP contribution in [0.3, 0.4) is 0 Å². The molecule has 2 atom stereocenters. The van der Waals surface area contributed by atoms with Crippen LogP contribution >= 0.6 is 11.6 Å². The average molecular weight is 311 g/mol. The van der Waals surface area contributed by atoms with Gasteiger partial charge in [0.15, 0.2) is 0 Å². The van der Waals surface area contributed by atoms with Crippen molar-refractivity contribution < 1.29 is 9.53 Å². The molecule has 116 valence electrons. The van der Waals surface area contributed by atoms with E-state index in [0.717, 1.165) is 18.7 Å². The minimum atomic E-state index is -0.0636. The fourth-order valence-corrected chi connectivity index (χ4v) is 2.61. The third-order valence-corrected chi connectivity index (χ3v) is 3.99. The van der Waals surface area contributed by atoms with E-state index in [0.29, 0.717) is 24.7 Å². The topological polar surface area (TPSA) is 41.6 Å². The Labute approximate surface area is 131 Å². The lowest BCUT2D eigenvalue weighted by Crippen LogP contribution is -2.46. The molecule has 1 N–H and O–H groups in total. The maximum Gasteiger partial charge on any atom is 0.226 e. The van der Waals surface area contributed by atoms with Gasteiger partial charge in [-0.1, -0.05) is 37.6 Å². The molecule has 0 aliphatic carbocycles. The molecule has 21 heavy (non-hydrogen) atoms. The number of hydrogen-bond acceptors (Lipinski definition) is 3. The normalized spacial score (nSPS) is 20.3. The quantitative estimate of drug-likeness (QED) is 0.908. The van der Waals surface area contributed by atoms with Crippen LogP contribution in [0.5, 0.6) is 0 Å². The van der Waals surface area contributed by atoms with Crippen LogP contribution in [0, 0.1) is 5.92 Å². The Kier molecular flexibility index (Phi) is 6.03. The maximum absolute atomic E-state index is 12.4. The number of halogens is 1. The molecule has 1 fully saturated rings. The number of rotatable bonds is 5. The molecule has 1 aromatic carbocycles. The second kappa shape index (κ2) is 7.78. The van der Waals surface area contributed by atoms with Crippen molar-refractivity contribution in [3.05, 3.63) is 34.9 Å². The number of ether oxygens (including phenoxy) is 1. The van der Waals surface area contributed by atoms with Crippen molar-refractivity contribution >= 4 is 17.5 Å². The standard InChI is InChI=1S/C16H23ClN2O2/c1-3-18-10-12(2)16(20)19-8-9-21-15(11-19)13-4-6-14(17)7-5-13/h4-7,12,15,18H,3,8-11H2,1-2H3. The highest BCUT2D eigenvalue weighted by atomic mass is 35.5. The van der Waals surface area contributed by atoms with Crippen LogP contribution in [0.25, 0.3) is 0 Å². The number of hydrogen-bond donors (Lipinski definition) is 1. The van der Waals surface area contributed by atoms with Crippen LogP contribution in [0.4, 0.5) is 0 Å². The second-order valence-corrected chi connectivity index (χ2v) is 5.84. The summed E-state index contributed by atoms with van der Waals surface area (Å²) in [5, 5.41) is 3.93. The highest BCUT2D eigenvalue weighted by Gasteiger charge is 2.27. The number of nitrogens with one attached hydrogen (secondary N) is 1. The van der Waals surface area contributed by atoms with Crippen molar-refractivity contribution in [3.63, 3.8) is 0 Å². The van der Waals surface area contributed by atoms with Crippen LogP contribution in [-0.2, 0) is 9.53 Å². The van der Waals surface area contributed by atoms with E-state index in [1.165, 1.54) is 0 Å². The number of carbonyl (C=O) groups excluding carboxylic acids is 1. The lowest BCUT2D eigenvalue weighted by atomic mass is 10.1. The van der Waals surface area contributed by atoms with Crippen molar-refractivity contribution in [3.8, 4) is 0 Å². The summed E-state index contributed by atoms with van der Waals surface area (Å²) in [5.74, 6) is 0.187. The predicted octanol–water partition coefficient (Wildman–Crippen LogP) is 2.49. The van der Waals surface area contributed by atoms with Gasteiger partial charge in [0, 0.05) is 24.0 Å². The summed E-state index contributed by atoms with van der Waals surface area (Å²) in [6.07, 6.45) is -0.0636. The first-order valence-electron chi connectivity index (χ1n) is 7.48. The molecule has 0 bridgehead atoms. The molecule has 1 amide bonds. The van der Waals surface area contributed by atoms with Crippen molar-refractivity contribution in [2.75, 3.05) is 32.8 Å². The Morgan fingerprint density at radius 1 is 1.48 bits per heavy atom. The Morgan fingerprint density at radius 2 is 2.19 bits per heavy atom. The zero-order chi connectivity index (χ0) is 15.2. The zero-order valence-corrected chi connectivity index (χ0v) is 13.4. The van der Waals surface area contributed by atoms with Gasteiger partial charge in [0.25, 0.3) is 0 Å². The summed E-state index contributed by atoms with van der Waals surface area (Å²) in [5.41, 5.74) is 1.07. The Balaban J connectivity index is 1.97. The average Bonchev–Trinajstić information content (AvgIpc) is 2.52. The molecule has 2 rings (SSSR count). The van der Waals surface area contributed by atoms with E-state index in [-0.39, 0.29) is 17.9 Å². The minimum absolute atomic E-state index is 0.00563. The molecule has 0 aromatic heterocycles. The number of benzene rings is 1. The number of carbonyl (C=O) groups is 1. The summed E-state index contributed by atoms with van der Waals surface area (Å²) in [7, 11) is 0. The number of nitrogens with zero attached hydrogens (tertiary/aromatic N) is 1. The fraction of sp³-hybridized carbons (Fsp3) is 0.562. The predicted molar refractivity (Wildman–Crippen MR) is 84.4 cm³/mol. The molecule has 5 heteroatoms. The van der Waals surface area contributed by atoms with E-state index < -0.39 is 0 Å². The third kappa shape index (κ3) is 4.43. The highest BCUT2D eigenvalue weighted by molar-refractivity contribution is 6.30. The van der Waals surface area contributed by atoms with Gasteiger partial charge in [0.2, 0.25) is 5.91 Å². The van der Waals surface area contributed by atoms with Gasteiger partial charge in [-0.3, -0.25) is 4.79 Å². The van der Waals surface area contributed by atoms with Crippen molar-refractivity contribution in [1.82, 2.24) is 10.2 Å². The molecule has 1 saturated heterocycles. The van der Waals surface area contributed by atoms with E-state index in [1.807, 2.05) is 43.0 Å². The molecule has 1 aliphatic heterocycles. The Bertz CT molecular complexity index is 464. The highest BCUT2D eigenvalue weighted by Crippen LogP contribution is 2.24. The van der Waals surface area contributed by atoms with E-state index in [9.17, 15) is 4.79 Å². The fourth-order valence-electron chi connectivity index (χ4n) is 2.49. The van der Waals surface area contributed by atoms with E-state index >= 15 is 0 Å². The van der Waals surface area contributed by atoms with Crippen molar-refractivity contribution in [2.24, 2.45) is 5.92 Å². The smallest absolute Gasteiger partial charge is 0.226 e. The zero-order valence-electron chi connectivity index (χ0n) is 12.6. The van der Waals surface area contributed by atoms with Crippen LogP contribution in [0.15, 0.2) is 24.3 Å². The maximum atomic E-state index is 12.4. The number of morpholine rings is 1. The molecule has 1 aliphatic rings. The van der Waals surface area contributed by atoms with Crippen molar-refractivity contribution in [1.29, 1.82) is 0 Å². The summed E-state index contributed by atoms with van der Waals surface area (Å²) in [6, 6.07) is 7.63. The van der Waals surface area contributed by atoms with Crippen LogP contribution in [0.1, 0.15) is 25.5 Å². The first-order valence-corrected chi connectivity index (χ1v) is 7.86. The molecular weight excluding hydrogens is 288 g/mol. The molecule has 0 saturated carbocycles. The molecule has 1 heterocycles. The van der Waals surface area contributed by atoms with Crippen LogP contribution < -0.4 is 5.32 Å². The van der Waals surface area contributed by atoms with E-state index in [1.54, 1.807) is 0 Å². The largest absolute Gasteiger partial charge is 0.370 e. The van der Waals surface area contributed by atoms with E-state index in [2.05, 4.69) is 5.32 Å². The van der Waals surface area contributed by atoms with Crippen molar-refractivity contribution in [2.45, 2.75) is 20.0 Å². The first kappa shape index (κ1) is 16.3. The first-order chi connectivity index (χ1) is 10.1. The summed E-state index contributed by atoms with van der Waals surface area (Å²) >= 11 is 5.91. The lowest BCUT2D eigenvalue weighted by Gasteiger charge is -2.34. The second-order valence-electron chi connectivity index (χ2n) is 5.40. The SMILES string of the molecule is CCNCC(C)C(=O)N1CCOC(c2ccc(Cl)cc2)C1. The van der Waals surface area contributed by atoms with Gasteiger partial charge in [-0.2, -0.15) is 0 Å². The van der Waals surface area contributed by atoms with Crippen LogP contribution in [-0.4, -0.2) is 43.6 Å². The molecule has 4 nitrogen and oxygen atoms in total. The van der Waals surface area contributed by atoms with Gasteiger partial charge in [-0.05, 0) is 24.2 Å². The summed E-state index contributed by atoms with van der Waals surface area (Å²) in [6.45, 7) is 7.47. The third-order valence-electron chi connectivity index (χ3n) is 3.74.